The Balaban J connectivity index is 3.39. The molecule has 1 rings (SSSR count). The minimum Gasteiger partial charge on any atom is -0.495 e. The minimum absolute atomic E-state index is 0.342. The average molecular weight is 220 g/mol. The first kappa shape index (κ1) is 10.5. The monoisotopic (exact) mass is 219 g/mol. The fourth-order valence-corrected chi connectivity index (χ4v) is 1.69. The molecule has 0 amide bonds. The number of anilines is 1. The van der Waals surface area contributed by atoms with Gasteiger partial charge in [0.1, 0.15) is 5.75 Å². The summed E-state index contributed by atoms with van der Waals surface area (Å²) in [5, 5.41) is 0.627. The van der Waals surface area contributed by atoms with Crippen molar-refractivity contribution in [3.8, 4) is 5.75 Å². The first-order valence-electron chi connectivity index (χ1n) is 3.79. The third kappa shape index (κ3) is 1.84. The van der Waals surface area contributed by atoms with Gasteiger partial charge in [0.15, 0.2) is 0 Å². The highest BCUT2D eigenvalue weighted by atomic mass is 35.5. The third-order valence-electron chi connectivity index (χ3n) is 2.01. The number of halogens is 2. The van der Waals surface area contributed by atoms with Crippen LogP contribution in [0.5, 0.6) is 5.75 Å². The van der Waals surface area contributed by atoms with Gasteiger partial charge in [-0.25, -0.2) is 0 Å². The van der Waals surface area contributed by atoms with Crippen molar-refractivity contribution in [2.75, 3.05) is 12.8 Å². The Morgan fingerprint density at radius 1 is 1.54 bits per heavy atom. The van der Waals surface area contributed by atoms with Crippen LogP contribution in [0, 0.1) is 6.92 Å². The molecule has 0 saturated carbocycles. The second-order valence-corrected chi connectivity index (χ2v) is 3.39. The van der Waals surface area contributed by atoms with Gasteiger partial charge >= 0.3 is 0 Å². The number of hydrogen-bond donors (Lipinski definition) is 1. The standard InChI is InChI=1S/C9H11Cl2NO/c1-5-6(4-10)9(12)8(13-2)3-7(5)11/h3H,4,12H2,1-2H3. The van der Waals surface area contributed by atoms with E-state index in [1.807, 2.05) is 6.92 Å². The molecule has 4 heteroatoms. The van der Waals surface area contributed by atoms with Crippen molar-refractivity contribution >= 4 is 28.9 Å². The highest BCUT2D eigenvalue weighted by molar-refractivity contribution is 6.32. The lowest BCUT2D eigenvalue weighted by Crippen LogP contribution is -1.99. The largest absolute Gasteiger partial charge is 0.495 e. The molecule has 0 aliphatic rings. The van der Waals surface area contributed by atoms with Gasteiger partial charge in [0.25, 0.3) is 0 Å². The van der Waals surface area contributed by atoms with Crippen LogP contribution in [-0.4, -0.2) is 7.11 Å². The number of alkyl halides is 1. The molecule has 1 aromatic rings. The Morgan fingerprint density at radius 3 is 2.62 bits per heavy atom. The number of benzene rings is 1. The van der Waals surface area contributed by atoms with Crippen LogP contribution >= 0.6 is 23.2 Å². The number of hydrogen-bond acceptors (Lipinski definition) is 2. The fraction of sp³-hybridized carbons (Fsp3) is 0.333. The molecule has 0 spiro atoms. The summed E-state index contributed by atoms with van der Waals surface area (Å²) < 4.78 is 5.06. The van der Waals surface area contributed by atoms with Gasteiger partial charge in [-0.05, 0) is 18.1 Å². The van der Waals surface area contributed by atoms with E-state index in [-0.39, 0.29) is 0 Å². The first-order valence-corrected chi connectivity index (χ1v) is 4.70. The zero-order chi connectivity index (χ0) is 10.0. The van der Waals surface area contributed by atoms with E-state index in [4.69, 9.17) is 33.7 Å². The van der Waals surface area contributed by atoms with E-state index in [9.17, 15) is 0 Å². The summed E-state index contributed by atoms with van der Waals surface area (Å²) in [5.41, 5.74) is 8.13. The first-order chi connectivity index (χ1) is 6.11. The zero-order valence-electron chi connectivity index (χ0n) is 7.53. The van der Waals surface area contributed by atoms with Crippen LogP contribution in [0.3, 0.4) is 0 Å². The van der Waals surface area contributed by atoms with E-state index in [0.717, 1.165) is 11.1 Å². The number of nitrogen functional groups attached to an aromatic ring is 1. The van der Waals surface area contributed by atoms with Gasteiger partial charge in [-0.3, -0.25) is 0 Å². The molecule has 0 saturated heterocycles. The summed E-state index contributed by atoms with van der Waals surface area (Å²) in [6.45, 7) is 1.88. The topological polar surface area (TPSA) is 35.2 Å². The predicted molar refractivity (Wildman–Crippen MR) is 56.7 cm³/mol. The molecule has 0 fully saturated rings. The van der Waals surface area contributed by atoms with E-state index in [1.165, 1.54) is 0 Å². The van der Waals surface area contributed by atoms with Gasteiger partial charge in [-0.1, -0.05) is 11.6 Å². The molecular weight excluding hydrogens is 209 g/mol. The highest BCUT2D eigenvalue weighted by Gasteiger charge is 2.11. The van der Waals surface area contributed by atoms with Gasteiger partial charge in [0.2, 0.25) is 0 Å². The maximum Gasteiger partial charge on any atom is 0.143 e. The molecule has 0 atom stereocenters. The van der Waals surface area contributed by atoms with Crippen molar-refractivity contribution in [1.82, 2.24) is 0 Å². The maximum absolute atomic E-state index is 5.95. The Morgan fingerprint density at radius 2 is 2.15 bits per heavy atom. The molecule has 13 heavy (non-hydrogen) atoms. The van der Waals surface area contributed by atoms with E-state index in [0.29, 0.717) is 22.3 Å². The van der Waals surface area contributed by atoms with E-state index in [2.05, 4.69) is 0 Å². The number of methoxy groups -OCH3 is 1. The Bertz CT molecular complexity index is 326. The second-order valence-electron chi connectivity index (χ2n) is 2.71. The normalized spacial score (nSPS) is 10.2. The van der Waals surface area contributed by atoms with Gasteiger partial charge in [0, 0.05) is 17.0 Å². The lowest BCUT2D eigenvalue weighted by molar-refractivity contribution is 0.416. The quantitative estimate of drug-likeness (QED) is 0.614. The Labute approximate surface area is 87.6 Å². The molecule has 0 aromatic heterocycles. The van der Waals surface area contributed by atoms with Crippen LogP contribution in [0.15, 0.2) is 6.07 Å². The summed E-state index contributed by atoms with van der Waals surface area (Å²) in [7, 11) is 1.55. The lowest BCUT2D eigenvalue weighted by atomic mass is 10.1. The second kappa shape index (κ2) is 4.07. The summed E-state index contributed by atoms with van der Waals surface area (Å²) in [6.07, 6.45) is 0. The van der Waals surface area contributed by atoms with Gasteiger partial charge in [-0.2, -0.15) is 0 Å². The summed E-state index contributed by atoms with van der Waals surface area (Å²) in [5.74, 6) is 0.917. The molecule has 0 radical (unpaired) electrons. The van der Waals surface area contributed by atoms with E-state index in [1.54, 1.807) is 13.2 Å². The SMILES string of the molecule is COc1cc(Cl)c(C)c(CCl)c1N. The lowest BCUT2D eigenvalue weighted by Gasteiger charge is -2.12. The zero-order valence-corrected chi connectivity index (χ0v) is 9.04. The van der Waals surface area contributed by atoms with Crippen LogP contribution in [0.25, 0.3) is 0 Å². The smallest absolute Gasteiger partial charge is 0.143 e. The van der Waals surface area contributed by atoms with Gasteiger partial charge < -0.3 is 10.5 Å². The van der Waals surface area contributed by atoms with Crippen LogP contribution in [0.1, 0.15) is 11.1 Å². The van der Waals surface area contributed by atoms with Crippen LogP contribution in [-0.2, 0) is 5.88 Å². The molecule has 1 aromatic carbocycles. The highest BCUT2D eigenvalue weighted by Crippen LogP contribution is 2.34. The summed E-state index contributed by atoms with van der Waals surface area (Å²) in [6, 6.07) is 1.70. The van der Waals surface area contributed by atoms with E-state index >= 15 is 0 Å². The van der Waals surface area contributed by atoms with Crippen molar-refractivity contribution in [1.29, 1.82) is 0 Å². The van der Waals surface area contributed by atoms with Crippen LogP contribution in [0.4, 0.5) is 5.69 Å². The molecule has 2 nitrogen and oxygen atoms in total. The summed E-state index contributed by atoms with van der Waals surface area (Å²) in [4.78, 5) is 0. The number of rotatable bonds is 2. The van der Waals surface area contributed by atoms with Crippen molar-refractivity contribution in [3.63, 3.8) is 0 Å². The molecule has 0 heterocycles. The van der Waals surface area contributed by atoms with Crippen molar-refractivity contribution in [3.05, 3.63) is 22.2 Å². The van der Waals surface area contributed by atoms with E-state index < -0.39 is 0 Å². The Kier molecular flexibility index (Phi) is 3.28. The van der Waals surface area contributed by atoms with Crippen molar-refractivity contribution in [2.45, 2.75) is 12.8 Å². The van der Waals surface area contributed by atoms with Crippen molar-refractivity contribution in [2.24, 2.45) is 0 Å². The predicted octanol–water partition coefficient (Wildman–Crippen LogP) is 2.98. The van der Waals surface area contributed by atoms with Crippen LogP contribution < -0.4 is 10.5 Å². The van der Waals surface area contributed by atoms with Gasteiger partial charge in [-0.15, -0.1) is 11.6 Å². The average Bonchev–Trinajstić information content (AvgIpc) is 2.12. The van der Waals surface area contributed by atoms with Crippen LogP contribution in [0.2, 0.25) is 5.02 Å². The minimum atomic E-state index is 0.342. The third-order valence-corrected chi connectivity index (χ3v) is 2.67. The van der Waals surface area contributed by atoms with Crippen molar-refractivity contribution < 1.29 is 4.74 Å². The molecule has 0 bridgehead atoms. The van der Waals surface area contributed by atoms with Gasteiger partial charge in [0.05, 0.1) is 12.8 Å². The maximum atomic E-state index is 5.95. The molecule has 0 unspecified atom stereocenters. The number of ether oxygens (including phenoxy) is 1. The number of nitrogens with two attached hydrogens (primary N) is 1. The molecule has 2 N–H and O–H groups in total. The molecule has 72 valence electrons. The summed E-state index contributed by atoms with van der Waals surface area (Å²) >= 11 is 11.7. The fourth-order valence-electron chi connectivity index (χ4n) is 1.14. The molecule has 0 aliphatic carbocycles. The molecular formula is C9H11Cl2NO. The molecule has 0 aliphatic heterocycles. The Hall–Kier alpha value is -0.600.